The molecule has 0 atom stereocenters. The highest BCUT2D eigenvalue weighted by atomic mass is 16.5. The molecule has 0 spiro atoms. The van der Waals surface area contributed by atoms with E-state index in [2.05, 4.69) is 64.1 Å². The first kappa shape index (κ1) is 15.3. The number of rotatable bonds is 6. The lowest BCUT2D eigenvalue weighted by Gasteiger charge is -2.15. The van der Waals surface area contributed by atoms with Gasteiger partial charge < -0.3 is 9.64 Å². The fourth-order valence-corrected chi connectivity index (χ4v) is 3.55. The molecule has 2 heterocycles. The molecule has 1 aromatic heterocycles. The molecule has 1 fully saturated rings. The number of hydrogen-bond acceptors (Lipinski definition) is 2. The lowest BCUT2D eigenvalue weighted by atomic mass is 10.2. The molecule has 0 amide bonds. The number of fused-ring (bicyclic) bond motifs is 1. The normalized spacial score (nSPS) is 15.2. The van der Waals surface area contributed by atoms with E-state index in [-0.39, 0.29) is 0 Å². The highest BCUT2D eigenvalue weighted by Gasteiger charge is 2.13. The Morgan fingerprint density at radius 1 is 0.875 bits per heavy atom. The second-order valence-corrected chi connectivity index (χ2v) is 6.46. The van der Waals surface area contributed by atoms with Gasteiger partial charge in [-0.3, -0.25) is 4.57 Å². The molecule has 1 aliphatic heterocycles. The van der Waals surface area contributed by atoms with Gasteiger partial charge >= 0.3 is 0 Å². The number of hydrogen-bond donors (Lipinski definition) is 0. The Labute approximate surface area is 143 Å². The van der Waals surface area contributed by atoms with Crippen molar-refractivity contribution in [2.75, 3.05) is 26.2 Å². The standard InChI is InChI=1S/C21H24N2O/c1-2-10-19(11-3-1)23-20-12-5-4-9-18(20)17-21(23)24-16-8-15-22-13-6-7-14-22/h1-5,9-12,17H,6-8,13-16H2. The van der Waals surface area contributed by atoms with Gasteiger partial charge in [0, 0.05) is 23.7 Å². The fraction of sp³-hybridized carbons (Fsp3) is 0.333. The number of para-hydroxylation sites is 2. The number of benzene rings is 2. The third kappa shape index (κ3) is 3.17. The van der Waals surface area contributed by atoms with Crippen LogP contribution < -0.4 is 4.74 Å². The summed E-state index contributed by atoms with van der Waals surface area (Å²) in [7, 11) is 0. The summed E-state index contributed by atoms with van der Waals surface area (Å²) in [6.07, 6.45) is 3.78. The lowest BCUT2D eigenvalue weighted by Crippen LogP contribution is -2.22. The average Bonchev–Trinajstić information content (AvgIpc) is 3.27. The lowest BCUT2D eigenvalue weighted by molar-refractivity contribution is 0.255. The maximum atomic E-state index is 6.17. The van der Waals surface area contributed by atoms with Crippen LogP contribution in [0.5, 0.6) is 5.88 Å². The Morgan fingerprint density at radius 2 is 1.62 bits per heavy atom. The molecule has 1 aliphatic rings. The summed E-state index contributed by atoms with van der Waals surface area (Å²) in [5.74, 6) is 0.934. The van der Waals surface area contributed by atoms with Gasteiger partial charge in [0.15, 0.2) is 5.88 Å². The zero-order valence-corrected chi connectivity index (χ0v) is 14.0. The largest absolute Gasteiger partial charge is 0.479 e. The molecule has 24 heavy (non-hydrogen) atoms. The van der Waals surface area contributed by atoms with Crippen molar-refractivity contribution in [1.29, 1.82) is 0 Å². The van der Waals surface area contributed by atoms with E-state index in [4.69, 9.17) is 4.74 Å². The molecule has 3 nitrogen and oxygen atoms in total. The zero-order chi connectivity index (χ0) is 16.2. The molecule has 0 bridgehead atoms. The van der Waals surface area contributed by atoms with Crippen molar-refractivity contribution in [2.45, 2.75) is 19.3 Å². The van der Waals surface area contributed by atoms with E-state index in [9.17, 15) is 0 Å². The van der Waals surface area contributed by atoms with E-state index in [0.717, 1.165) is 31.1 Å². The molecule has 2 aromatic carbocycles. The average molecular weight is 320 g/mol. The van der Waals surface area contributed by atoms with Crippen molar-refractivity contribution in [3.63, 3.8) is 0 Å². The maximum Gasteiger partial charge on any atom is 0.199 e. The molecule has 0 saturated carbocycles. The predicted molar refractivity (Wildman–Crippen MR) is 99.1 cm³/mol. The Balaban J connectivity index is 1.53. The smallest absolute Gasteiger partial charge is 0.199 e. The van der Waals surface area contributed by atoms with Gasteiger partial charge in [-0.1, -0.05) is 36.4 Å². The molecule has 0 aliphatic carbocycles. The molecule has 3 heteroatoms. The van der Waals surface area contributed by atoms with Crippen LogP contribution in [0.2, 0.25) is 0 Å². The Kier molecular flexibility index (Phi) is 4.52. The van der Waals surface area contributed by atoms with E-state index in [1.807, 2.05) is 6.07 Å². The van der Waals surface area contributed by atoms with Crippen molar-refractivity contribution < 1.29 is 4.74 Å². The van der Waals surface area contributed by atoms with Crippen LogP contribution in [0.1, 0.15) is 19.3 Å². The molecule has 0 N–H and O–H groups in total. The van der Waals surface area contributed by atoms with Crippen molar-refractivity contribution >= 4 is 10.9 Å². The van der Waals surface area contributed by atoms with Gasteiger partial charge in [0.25, 0.3) is 0 Å². The first-order valence-electron chi connectivity index (χ1n) is 8.93. The van der Waals surface area contributed by atoms with Gasteiger partial charge in [-0.2, -0.15) is 0 Å². The minimum Gasteiger partial charge on any atom is -0.479 e. The van der Waals surface area contributed by atoms with E-state index >= 15 is 0 Å². The second kappa shape index (κ2) is 7.10. The fourth-order valence-electron chi connectivity index (χ4n) is 3.55. The Bertz CT molecular complexity index is 788. The molecule has 4 rings (SSSR count). The van der Waals surface area contributed by atoms with Gasteiger partial charge in [-0.25, -0.2) is 0 Å². The summed E-state index contributed by atoms with van der Waals surface area (Å²) in [5, 5.41) is 1.22. The highest BCUT2D eigenvalue weighted by Crippen LogP contribution is 2.29. The number of aromatic nitrogens is 1. The maximum absolute atomic E-state index is 6.17. The van der Waals surface area contributed by atoms with Crippen LogP contribution in [-0.2, 0) is 0 Å². The van der Waals surface area contributed by atoms with Gasteiger partial charge in [0.2, 0.25) is 0 Å². The van der Waals surface area contributed by atoms with Gasteiger partial charge in [0.1, 0.15) is 0 Å². The molecule has 3 aromatic rings. The number of likely N-dealkylation sites (tertiary alicyclic amines) is 1. The molecular formula is C21H24N2O. The van der Waals surface area contributed by atoms with Crippen LogP contribution in [0.4, 0.5) is 0 Å². The molecular weight excluding hydrogens is 296 g/mol. The Hall–Kier alpha value is -2.26. The van der Waals surface area contributed by atoms with Crippen molar-refractivity contribution in [3.8, 4) is 11.6 Å². The number of ether oxygens (including phenoxy) is 1. The first-order chi connectivity index (χ1) is 11.9. The van der Waals surface area contributed by atoms with Crippen LogP contribution in [0.3, 0.4) is 0 Å². The molecule has 1 saturated heterocycles. The summed E-state index contributed by atoms with van der Waals surface area (Å²) in [6, 6.07) is 21.1. The van der Waals surface area contributed by atoms with Crippen molar-refractivity contribution in [1.82, 2.24) is 9.47 Å². The summed E-state index contributed by atoms with van der Waals surface area (Å²) >= 11 is 0. The zero-order valence-electron chi connectivity index (χ0n) is 14.0. The second-order valence-electron chi connectivity index (χ2n) is 6.46. The van der Waals surface area contributed by atoms with E-state index in [1.54, 1.807) is 0 Å². The van der Waals surface area contributed by atoms with E-state index in [1.165, 1.54) is 36.8 Å². The van der Waals surface area contributed by atoms with E-state index in [0.29, 0.717) is 0 Å². The van der Waals surface area contributed by atoms with E-state index < -0.39 is 0 Å². The Morgan fingerprint density at radius 3 is 2.46 bits per heavy atom. The topological polar surface area (TPSA) is 17.4 Å². The molecule has 124 valence electrons. The van der Waals surface area contributed by atoms with Gasteiger partial charge in [-0.15, -0.1) is 0 Å². The third-order valence-corrected chi connectivity index (χ3v) is 4.76. The van der Waals surface area contributed by atoms with Gasteiger partial charge in [0.05, 0.1) is 12.1 Å². The monoisotopic (exact) mass is 320 g/mol. The number of nitrogens with zero attached hydrogens (tertiary/aromatic N) is 2. The van der Waals surface area contributed by atoms with Crippen LogP contribution in [0.25, 0.3) is 16.6 Å². The summed E-state index contributed by atoms with van der Waals surface area (Å²) in [5.41, 5.74) is 2.34. The van der Waals surface area contributed by atoms with Gasteiger partial charge in [-0.05, 0) is 50.6 Å². The van der Waals surface area contributed by atoms with Crippen LogP contribution in [0, 0.1) is 0 Å². The summed E-state index contributed by atoms with van der Waals surface area (Å²) < 4.78 is 8.39. The van der Waals surface area contributed by atoms with Crippen LogP contribution >= 0.6 is 0 Å². The first-order valence-corrected chi connectivity index (χ1v) is 8.93. The quantitative estimate of drug-likeness (QED) is 0.622. The summed E-state index contributed by atoms with van der Waals surface area (Å²) in [4.78, 5) is 2.54. The van der Waals surface area contributed by atoms with Crippen molar-refractivity contribution in [3.05, 3.63) is 60.7 Å². The van der Waals surface area contributed by atoms with Crippen molar-refractivity contribution in [2.24, 2.45) is 0 Å². The molecule has 0 unspecified atom stereocenters. The molecule has 0 radical (unpaired) electrons. The third-order valence-electron chi connectivity index (χ3n) is 4.76. The SMILES string of the molecule is c1ccc(-n2c(OCCCN3CCCC3)cc3ccccc32)cc1. The minimum atomic E-state index is 0.764. The summed E-state index contributed by atoms with van der Waals surface area (Å²) in [6.45, 7) is 4.42. The van der Waals surface area contributed by atoms with Crippen LogP contribution in [0.15, 0.2) is 60.7 Å². The predicted octanol–water partition coefficient (Wildman–Crippen LogP) is 4.50. The minimum absolute atomic E-state index is 0.764. The highest BCUT2D eigenvalue weighted by molar-refractivity contribution is 5.84. The van der Waals surface area contributed by atoms with Crippen LogP contribution in [-0.4, -0.2) is 35.7 Å².